The molecule has 0 bridgehead atoms. The first-order valence-electron chi connectivity index (χ1n) is 5.04. The fourth-order valence-electron chi connectivity index (χ4n) is 1.39. The summed E-state index contributed by atoms with van der Waals surface area (Å²) < 4.78 is 26.2. The van der Waals surface area contributed by atoms with Crippen LogP contribution in [-0.2, 0) is 0 Å². The molecule has 0 fully saturated rings. The summed E-state index contributed by atoms with van der Waals surface area (Å²) in [6.07, 6.45) is 0.821. The minimum absolute atomic E-state index is 0.202. The van der Waals surface area contributed by atoms with Crippen molar-refractivity contribution in [2.45, 2.75) is 19.4 Å². The third-order valence-corrected chi connectivity index (χ3v) is 2.28. The molecule has 0 saturated heterocycles. The molecule has 3 N–H and O–H groups in total. The molecule has 1 atom stereocenters. The molecular weight excluding hydrogens is 198 g/mol. The molecule has 1 unspecified atom stereocenters. The normalized spacial score (nSPS) is 12.8. The Bertz CT molecular complexity index is 315. The van der Waals surface area contributed by atoms with Crippen LogP contribution in [0.3, 0.4) is 0 Å². The molecule has 1 rings (SSSR count). The van der Waals surface area contributed by atoms with Crippen molar-refractivity contribution < 1.29 is 8.78 Å². The Hall–Kier alpha value is -1.00. The first kappa shape index (κ1) is 12.1. The van der Waals surface area contributed by atoms with Crippen LogP contribution in [0.4, 0.5) is 8.78 Å². The van der Waals surface area contributed by atoms with Gasteiger partial charge >= 0.3 is 0 Å². The largest absolute Gasteiger partial charge is 0.330 e. The van der Waals surface area contributed by atoms with E-state index in [0.29, 0.717) is 18.7 Å². The molecule has 0 spiro atoms. The summed E-state index contributed by atoms with van der Waals surface area (Å²) in [5.74, 6) is -1.58. The molecule has 2 nitrogen and oxygen atoms in total. The van der Waals surface area contributed by atoms with E-state index in [-0.39, 0.29) is 6.04 Å². The van der Waals surface area contributed by atoms with Crippen molar-refractivity contribution in [2.24, 2.45) is 5.73 Å². The summed E-state index contributed by atoms with van der Waals surface area (Å²) >= 11 is 0. The van der Waals surface area contributed by atoms with Gasteiger partial charge in [-0.25, -0.2) is 8.78 Å². The Kier molecular flexibility index (Phi) is 4.65. The fourth-order valence-corrected chi connectivity index (χ4v) is 1.39. The Morgan fingerprint density at radius 1 is 1.40 bits per heavy atom. The van der Waals surface area contributed by atoms with E-state index in [4.69, 9.17) is 5.73 Å². The van der Waals surface area contributed by atoms with Gasteiger partial charge in [0.05, 0.1) is 0 Å². The SMILES string of the molecule is CC(NCCCN)c1cccc(F)c1F. The van der Waals surface area contributed by atoms with Gasteiger partial charge in [0.25, 0.3) is 0 Å². The van der Waals surface area contributed by atoms with E-state index in [1.165, 1.54) is 6.07 Å². The molecule has 15 heavy (non-hydrogen) atoms. The average molecular weight is 214 g/mol. The average Bonchev–Trinajstić information content (AvgIpc) is 2.22. The van der Waals surface area contributed by atoms with Crippen molar-refractivity contribution >= 4 is 0 Å². The summed E-state index contributed by atoms with van der Waals surface area (Å²) in [5, 5.41) is 3.08. The predicted molar refractivity (Wildman–Crippen MR) is 56.4 cm³/mol. The molecule has 84 valence electrons. The number of hydrogen-bond donors (Lipinski definition) is 2. The van der Waals surface area contributed by atoms with Crippen molar-refractivity contribution in [3.05, 3.63) is 35.4 Å². The van der Waals surface area contributed by atoms with Crippen molar-refractivity contribution in [1.29, 1.82) is 0 Å². The zero-order valence-electron chi connectivity index (χ0n) is 8.76. The van der Waals surface area contributed by atoms with Crippen LogP contribution in [0.2, 0.25) is 0 Å². The second-order valence-electron chi connectivity index (χ2n) is 3.46. The number of rotatable bonds is 5. The number of nitrogens with two attached hydrogens (primary N) is 1. The van der Waals surface area contributed by atoms with Gasteiger partial charge in [-0.05, 0) is 32.5 Å². The van der Waals surface area contributed by atoms with Crippen LogP contribution < -0.4 is 11.1 Å². The molecule has 0 amide bonds. The first-order valence-corrected chi connectivity index (χ1v) is 5.04. The topological polar surface area (TPSA) is 38.0 Å². The van der Waals surface area contributed by atoms with E-state index in [1.54, 1.807) is 13.0 Å². The van der Waals surface area contributed by atoms with Gasteiger partial charge in [0.15, 0.2) is 11.6 Å². The summed E-state index contributed by atoms with van der Waals surface area (Å²) in [7, 11) is 0. The third-order valence-electron chi connectivity index (χ3n) is 2.28. The van der Waals surface area contributed by atoms with E-state index in [2.05, 4.69) is 5.32 Å². The molecule has 4 heteroatoms. The lowest BCUT2D eigenvalue weighted by atomic mass is 10.1. The molecule has 0 aliphatic heterocycles. The lowest BCUT2D eigenvalue weighted by Gasteiger charge is -2.14. The Morgan fingerprint density at radius 3 is 2.80 bits per heavy atom. The van der Waals surface area contributed by atoms with Crippen LogP contribution in [-0.4, -0.2) is 13.1 Å². The van der Waals surface area contributed by atoms with Gasteiger partial charge in [0.1, 0.15) is 0 Å². The first-order chi connectivity index (χ1) is 7.16. The number of nitrogens with one attached hydrogen (secondary N) is 1. The van der Waals surface area contributed by atoms with Crippen molar-refractivity contribution in [2.75, 3.05) is 13.1 Å². The monoisotopic (exact) mass is 214 g/mol. The van der Waals surface area contributed by atoms with Crippen LogP contribution in [0.25, 0.3) is 0 Å². The van der Waals surface area contributed by atoms with Gasteiger partial charge in [0.2, 0.25) is 0 Å². The minimum Gasteiger partial charge on any atom is -0.330 e. The number of hydrogen-bond acceptors (Lipinski definition) is 2. The van der Waals surface area contributed by atoms with E-state index in [9.17, 15) is 8.78 Å². The number of benzene rings is 1. The maximum absolute atomic E-state index is 13.3. The summed E-state index contributed by atoms with van der Waals surface area (Å²) in [4.78, 5) is 0. The van der Waals surface area contributed by atoms with Crippen molar-refractivity contribution in [1.82, 2.24) is 5.32 Å². The highest BCUT2D eigenvalue weighted by atomic mass is 19.2. The molecule has 0 heterocycles. The predicted octanol–water partition coefficient (Wildman–Crippen LogP) is 1.96. The van der Waals surface area contributed by atoms with Crippen LogP contribution in [0.5, 0.6) is 0 Å². The lowest BCUT2D eigenvalue weighted by Crippen LogP contribution is -2.22. The van der Waals surface area contributed by atoms with E-state index >= 15 is 0 Å². The quantitative estimate of drug-likeness (QED) is 0.735. The molecule has 0 radical (unpaired) electrons. The van der Waals surface area contributed by atoms with Gasteiger partial charge < -0.3 is 11.1 Å². The smallest absolute Gasteiger partial charge is 0.163 e. The second-order valence-corrected chi connectivity index (χ2v) is 3.46. The Morgan fingerprint density at radius 2 is 2.13 bits per heavy atom. The highest BCUT2D eigenvalue weighted by Gasteiger charge is 2.12. The van der Waals surface area contributed by atoms with E-state index in [0.717, 1.165) is 12.5 Å². The molecular formula is C11H16F2N2. The molecule has 0 aliphatic rings. The number of halogens is 2. The van der Waals surface area contributed by atoms with Crippen LogP contribution in [0.1, 0.15) is 24.9 Å². The zero-order valence-corrected chi connectivity index (χ0v) is 8.76. The highest BCUT2D eigenvalue weighted by molar-refractivity contribution is 5.21. The third kappa shape index (κ3) is 3.25. The molecule has 1 aromatic rings. The van der Waals surface area contributed by atoms with Gasteiger partial charge in [-0.2, -0.15) is 0 Å². The summed E-state index contributed by atoms with van der Waals surface area (Å²) in [5.41, 5.74) is 5.69. The molecule has 0 aromatic heterocycles. The zero-order chi connectivity index (χ0) is 11.3. The Labute approximate surface area is 88.5 Å². The van der Waals surface area contributed by atoms with E-state index in [1.807, 2.05) is 0 Å². The van der Waals surface area contributed by atoms with E-state index < -0.39 is 11.6 Å². The maximum Gasteiger partial charge on any atom is 0.163 e. The maximum atomic E-state index is 13.3. The standard InChI is InChI=1S/C11H16F2N2/c1-8(15-7-3-6-14)9-4-2-5-10(12)11(9)13/h2,4-5,8,15H,3,6-7,14H2,1H3. The molecule has 0 aliphatic carbocycles. The van der Waals surface area contributed by atoms with Gasteiger partial charge in [-0.3, -0.25) is 0 Å². The van der Waals surface area contributed by atoms with Crippen LogP contribution in [0, 0.1) is 11.6 Å². The highest BCUT2D eigenvalue weighted by Crippen LogP contribution is 2.18. The van der Waals surface area contributed by atoms with Crippen LogP contribution >= 0.6 is 0 Å². The second kappa shape index (κ2) is 5.78. The minimum atomic E-state index is -0.806. The van der Waals surface area contributed by atoms with Crippen LogP contribution in [0.15, 0.2) is 18.2 Å². The van der Waals surface area contributed by atoms with Gasteiger partial charge in [-0.15, -0.1) is 0 Å². The Balaban J connectivity index is 2.65. The summed E-state index contributed by atoms with van der Waals surface area (Å²) in [6.45, 7) is 3.09. The summed E-state index contributed by atoms with van der Waals surface area (Å²) in [6, 6.07) is 4.01. The molecule has 0 saturated carbocycles. The van der Waals surface area contributed by atoms with Crippen molar-refractivity contribution in [3.8, 4) is 0 Å². The fraction of sp³-hybridized carbons (Fsp3) is 0.455. The van der Waals surface area contributed by atoms with Gasteiger partial charge in [0, 0.05) is 11.6 Å². The lowest BCUT2D eigenvalue weighted by molar-refractivity contribution is 0.472. The molecule has 1 aromatic carbocycles. The van der Waals surface area contributed by atoms with Gasteiger partial charge in [-0.1, -0.05) is 12.1 Å². The van der Waals surface area contributed by atoms with Crippen molar-refractivity contribution in [3.63, 3.8) is 0 Å².